The SMILES string of the molecule is CC.Nc1ncccc1-c1nc2ccc(-c3cccc(F)c3)nc2n1-c1ccc(CO)cc1. The van der Waals surface area contributed by atoms with Crippen molar-refractivity contribution in [3.8, 4) is 28.3 Å². The minimum atomic E-state index is -0.323. The molecule has 0 radical (unpaired) electrons. The Hall–Kier alpha value is -4.10. The third-order valence-corrected chi connectivity index (χ3v) is 5.08. The Balaban J connectivity index is 0.00000126. The maximum absolute atomic E-state index is 13.8. The van der Waals surface area contributed by atoms with Crippen molar-refractivity contribution in [3.63, 3.8) is 0 Å². The Morgan fingerprint density at radius 1 is 0.939 bits per heavy atom. The van der Waals surface area contributed by atoms with Gasteiger partial charge >= 0.3 is 0 Å². The Morgan fingerprint density at radius 3 is 2.42 bits per heavy atom. The molecule has 0 saturated carbocycles. The number of fused-ring (bicyclic) bond motifs is 1. The number of hydrogen-bond donors (Lipinski definition) is 2. The molecule has 5 aromatic rings. The van der Waals surface area contributed by atoms with Crippen LogP contribution in [-0.4, -0.2) is 24.6 Å². The molecule has 0 bridgehead atoms. The number of rotatable bonds is 4. The van der Waals surface area contributed by atoms with Crippen LogP contribution in [0.1, 0.15) is 19.4 Å². The molecule has 5 rings (SSSR count). The average Bonchev–Trinajstić information content (AvgIpc) is 3.24. The van der Waals surface area contributed by atoms with Gasteiger partial charge in [-0.25, -0.2) is 19.3 Å². The highest BCUT2D eigenvalue weighted by Gasteiger charge is 2.18. The predicted octanol–water partition coefficient (Wildman–Crippen LogP) is 5.39. The fourth-order valence-electron chi connectivity index (χ4n) is 3.55. The summed E-state index contributed by atoms with van der Waals surface area (Å²) in [6, 6.07) is 21.1. The fourth-order valence-corrected chi connectivity index (χ4v) is 3.55. The molecule has 6 nitrogen and oxygen atoms in total. The van der Waals surface area contributed by atoms with Crippen LogP contribution in [-0.2, 0) is 6.61 Å². The summed E-state index contributed by atoms with van der Waals surface area (Å²) < 4.78 is 15.7. The first-order valence-corrected chi connectivity index (χ1v) is 10.7. The van der Waals surface area contributed by atoms with Gasteiger partial charge in [-0.3, -0.25) is 4.57 Å². The molecule has 0 aliphatic carbocycles. The summed E-state index contributed by atoms with van der Waals surface area (Å²) in [5.41, 5.74) is 11.0. The van der Waals surface area contributed by atoms with E-state index in [2.05, 4.69) is 4.98 Å². The van der Waals surface area contributed by atoms with Crippen LogP contribution in [0.2, 0.25) is 0 Å². The number of benzene rings is 2. The maximum atomic E-state index is 13.8. The van der Waals surface area contributed by atoms with E-state index in [0.717, 1.165) is 11.3 Å². The lowest BCUT2D eigenvalue weighted by Gasteiger charge is -2.11. The number of halogens is 1. The topological polar surface area (TPSA) is 89.9 Å². The summed E-state index contributed by atoms with van der Waals surface area (Å²) in [4.78, 5) is 13.8. The number of hydrogen-bond acceptors (Lipinski definition) is 5. The summed E-state index contributed by atoms with van der Waals surface area (Å²) in [6.45, 7) is 3.95. The zero-order valence-electron chi connectivity index (χ0n) is 18.4. The van der Waals surface area contributed by atoms with E-state index >= 15 is 0 Å². The molecule has 7 heteroatoms. The summed E-state index contributed by atoms with van der Waals surface area (Å²) >= 11 is 0. The molecule has 0 aliphatic heterocycles. The number of nitrogens with two attached hydrogens (primary N) is 1. The zero-order chi connectivity index (χ0) is 23.4. The quantitative estimate of drug-likeness (QED) is 0.390. The second-order valence-corrected chi connectivity index (χ2v) is 7.08. The molecule has 0 fully saturated rings. The molecular formula is C26H24FN5O. The van der Waals surface area contributed by atoms with Crippen molar-refractivity contribution in [1.29, 1.82) is 0 Å². The van der Waals surface area contributed by atoms with Crippen LogP contribution < -0.4 is 5.73 Å². The Kier molecular flexibility index (Phi) is 6.42. The number of aliphatic hydroxyl groups is 1. The standard InChI is InChI=1S/C24H18FN5O.C2H6/c25-17-4-1-3-16(13-17)20-10-11-21-24(28-20)30(18-8-6-15(14-31)7-9-18)23(29-21)19-5-2-12-27-22(19)26;1-2/h1-13,31H,14H2,(H2,26,27);1-2H3. The monoisotopic (exact) mass is 441 g/mol. The lowest BCUT2D eigenvalue weighted by molar-refractivity contribution is 0.282. The van der Waals surface area contributed by atoms with E-state index in [1.165, 1.54) is 12.1 Å². The summed E-state index contributed by atoms with van der Waals surface area (Å²) in [7, 11) is 0. The third-order valence-electron chi connectivity index (χ3n) is 5.08. The highest BCUT2D eigenvalue weighted by molar-refractivity contribution is 5.84. The third kappa shape index (κ3) is 4.31. The highest BCUT2D eigenvalue weighted by atomic mass is 19.1. The van der Waals surface area contributed by atoms with E-state index in [9.17, 15) is 9.50 Å². The van der Waals surface area contributed by atoms with Gasteiger partial charge in [-0.1, -0.05) is 38.1 Å². The molecule has 33 heavy (non-hydrogen) atoms. The van der Waals surface area contributed by atoms with Gasteiger partial charge in [0.05, 0.1) is 17.9 Å². The van der Waals surface area contributed by atoms with Crippen LogP contribution in [0.5, 0.6) is 0 Å². The maximum Gasteiger partial charge on any atom is 0.165 e. The molecule has 0 atom stereocenters. The molecule has 0 spiro atoms. The molecular weight excluding hydrogens is 417 g/mol. The van der Waals surface area contributed by atoms with E-state index < -0.39 is 0 Å². The van der Waals surface area contributed by atoms with Gasteiger partial charge in [0, 0.05) is 17.4 Å². The van der Waals surface area contributed by atoms with Crippen LogP contribution in [0.25, 0.3) is 39.5 Å². The first-order valence-electron chi connectivity index (χ1n) is 10.7. The number of pyridine rings is 2. The lowest BCUT2D eigenvalue weighted by Crippen LogP contribution is -2.02. The number of nitrogens with zero attached hydrogens (tertiary/aromatic N) is 4. The van der Waals surface area contributed by atoms with Crippen molar-refractivity contribution in [2.75, 3.05) is 5.73 Å². The van der Waals surface area contributed by atoms with Crippen LogP contribution in [0.3, 0.4) is 0 Å². The molecule has 0 amide bonds. The second-order valence-electron chi connectivity index (χ2n) is 7.08. The molecule has 3 heterocycles. The van der Waals surface area contributed by atoms with E-state index in [4.69, 9.17) is 15.7 Å². The van der Waals surface area contributed by atoms with Gasteiger partial charge in [0.2, 0.25) is 0 Å². The minimum absolute atomic E-state index is 0.0463. The van der Waals surface area contributed by atoms with Gasteiger partial charge in [0.1, 0.15) is 17.2 Å². The predicted molar refractivity (Wildman–Crippen MR) is 129 cm³/mol. The van der Waals surface area contributed by atoms with E-state index in [1.54, 1.807) is 18.3 Å². The van der Waals surface area contributed by atoms with Crippen LogP contribution in [0, 0.1) is 5.82 Å². The zero-order valence-corrected chi connectivity index (χ0v) is 18.4. The van der Waals surface area contributed by atoms with Crippen LogP contribution >= 0.6 is 0 Å². The largest absolute Gasteiger partial charge is 0.392 e. The van der Waals surface area contributed by atoms with Crippen LogP contribution in [0.4, 0.5) is 10.2 Å². The van der Waals surface area contributed by atoms with Gasteiger partial charge in [0.25, 0.3) is 0 Å². The van der Waals surface area contributed by atoms with Gasteiger partial charge in [0.15, 0.2) is 11.5 Å². The Morgan fingerprint density at radius 2 is 1.73 bits per heavy atom. The Bertz CT molecular complexity index is 1400. The summed E-state index contributed by atoms with van der Waals surface area (Å²) in [6.07, 6.45) is 1.63. The number of imidazole rings is 1. The number of aromatic nitrogens is 4. The van der Waals surface area contributed by atoms with Crippen molar-refractivity contribution in [3.05, 3.63) is 90.4 Å². The second kappa shape index (κ2) is 9.58. The van der Waals surface area contributed by atoms with E-state index in [0.29, 0.717) is 39.6 Å². The lowest BCUT2D eigenvalue weighted by atomic mass is 10.1. The van der Waals surface area contributed by atoms with Gasteiger partial charge < -0.3 is 10.8 Å². The highest BCUT2D eigenvalue weighted by Crippen LogP contribution is 2.31. The van der Waals surface area contributed by atoms with Crippen LogP contribution in [0.15, 0.2) is 79.0 Å². The molecule has 2 aromatic carbocycles. The average molecular weight is 442 g/mol. The normalized spacial score (nSPS) is 10.7. The van der Waals surface area contributed by atoms with Gasteiger partial charge in [-0.15, -0.1) is 0 Å². The molecule has 0 unspecified atom stereocenters. The number of anilines is 1. The minimum Gasteiger partial charge on any atom is -0.392 e. The Labute approximate surface area is 191 Å². The summed E-state index contributed by atoms with van der Waals surface area (Å²) in [5.74, 6) is 0.633. The van der Waals surface area contributed by atoms with Crippen molar-refractivity contribution in [2.45, 2.75) is 20.5 Å². The molecule has 0 aliphatic rings. The first-order chi connectivity index (χ1) is 16.1. The number of aliphatic hydroxyl groups excluding tert-OH is 1. The van der Waals surface area contributed by atoms with Crippen molar-refractivity contribution < 1.29 is 9.50 Å². The molecule has 0 saturated heterocycles. The van der Waals surface area contributed by atoms with Crippen molar-refractivity contribution in [1.82, 2.24) is 19.5 Å². The fraction of sp³-hybridized carbons (Fsp3) is 0.115. The van der Waals surface area contributed by atoms with Crippen molar-refractivity contribution >= 4 is 17.0 Å². The molecule has 3 aromatic heterocycles. The number of nitrogen functional groups attached to an aromatic ring is 1. The first kappa shape index (κ1) is 22.1. The molecule has 3 N–H and O–H groups in total. The van der Waals surface area contributed by atoms with E-state index in [1.807, 2.05) is 66.9 Å². The van der Waals surface area contributed by atoms with Gasteiger partial charge in [-0.05, 0) is 54.1 Å². The molecule has 166 valence electrons. The summed E-state index contributed by atoms with van der Waals surface area (Å²) in [5, 5.41) is 9.40. The van der Waals surface area contributed by atoms with Gasteiger partial charge in [-0.2, -0.15) is 0 Å². The van der Waals surface area contributed by atoms with E-state index in [-0.39, 0.29) is 12.4 Å². The smallest absolute Gasteiger partial charge is 0.165 e. The van der Waals surface area contributed by atoms with Crippen molar-refractivity contribution in [2.24, 2.45) is 0 Å².